The van der Waals surface area contributed by atoms with Crippen LogP contribution in [0.3, 0.4) is 0 Å². The Balaban J connectivity index is 0.975. The molecule has 0 atom stereocenters. The summed E-state index contributed by atoms with van der Waals surface area (Å²) in [5.74, 6) is 0. The SMILES string of the molecule is c1ccc([Si](c2ccccc2)(c2cccc(-c3ncnc4c3sc3ccccc34)c2)c2ccc3sc4ccc([Si](c5ccccc5)(c5ccccc5)c5cccc(-n6c7ccccc7c7ccccc76)c5)cc4c3c2)cc1. The molecule has 0 fully saturated rings. The van der Waals surface area contributed by atoms with E-state index < -0.39 is 16.1 Å². The third-order valence-electron chi connectivity index (χ3n) is 16.0. The van der Waals surface area contributed by atoms with Gasteiger partial charge in [0.05, 0.1) is 26.9 Å². The topological polar surface area (TPSA) is 30.7 Å². The Labute approximate surface area is 456 Å². The molecule has 3 nitrogen and oxygen atoms in total. The van der Waals surface area contributed by atoms with Gasteiger partial charge in [-0.1, -0.05) is 237 Å². The molecular weight excluding hydrogens is 1000 g/mol. The van der Waals surface area contributed by atoms with Crippen LogP contribution in [0.25, 0.3) is 79.2 Å². The third-order valence-corrected chi connectivity index (χ3v) is 27.8. The molecule has 0 N–H and O–H groups in total. The van der Waals surface area contributed by atoms with Gasteiger partial charge in [0.2, 0.25) is 0 Å². The highest BCUT2D eigenvalue weighted by atomic mass is 32.1. The standard InChI is InChI=1S/C70H47N3S2Si2/c1-5-23-50(24-6-1)76(51-25-7-2-8-26-51,54-31-19-21-48(43-54)68-70-69(72-47-71-68)60-35-15-18-38-65(60)75-70)56-39-41-66-61(45-56)62-46-57(40-42-67(62)74-66)77(52-27-9-3-10-28-52,53-29-11-4-12-30-53)55-32-20-22-49(44-55)73-63-36-16-13-33-58(63)59-34-14-17-37-64(59)73/h1-47H. The number of rotatable bonds is 10. The fraction of sp³-hybridized carbons (Fsp3) is 0. The quantitative estimate of drug-likeness (QED) is 0.101. The smallest absolute Gasteiger partial charge is 0.179 e. The molecular formula is C70H47N3S2Si2. The highest BCUT2D eigenvalue weighted by Gasteiger charge is 2.44. The Bertz CT molecular complexity index is 4570. The monoisotopic (exact) mass is 1050 g/mol. The lowest BCUT2D eigenvalue weighted by Gasteiger charge is -2.35. The van der Waals surface area contributed by atoms with Gasteiger partial charge in [-0.3, -0.25) is 0 Å². The lowest BCUT2D eigenvalue weighted by molar-refractivity contribution is 1.18. The number of hydrogen-bond acceptors (Lipinski definition) is 4. The van der Waals surface area contributed by atoms with Crippen molar-refractivity contribution in [3.63, 3.8) is 0 Å². The molecule has 77 heavy (non-hydrogen) atoms. The predicted octanol–water partition coefficient (Wildman–Crippen LogP) is 12.7. The summed E-state index contributed by atoms with van der Waals surface area (Å²) < 4.78 is 7.37. The highest BCUT2D eigenvalue weighted by molar-refractivity contribution is 7.27. The van der Waals surface area contributed by atoms with Crippen LogP contribution >= 0.6 is 22.7 Å². The van der Waals surface area contributed by atoms with Crippen LogP contribution in [0.4, 0.5) is 0 Å². The molecule has 0 radical (unpaired) electrons. The summed E-state index contributed by atoms with van der Waals surface area (Å²) in [5, 5.41) is 17.0. The largest absolute Gasteiger partial charge is 0.309 e. The van der Waals surface area contributed by atoms with E-state index >= 15 is 0 Å². The van der Waals surface area contributed by atoms with Crippen LogP contribution in [0, 0.1) is 0 Å². The van der Waals surface area contributed by atoms with Crippen molar-refractivity contribution < 1.29 is 0 Å². The Hall–Kier alpha value is -8.83. The highest BCUT2D eigenvalue weighted by Crippen LogP contribution is 2.38. The van der Waals surface area contributed by atoms with E-state index in [0.29, 0.717) is 0 Å². The van der Waals surface area contributed by atoms with Gasteiger partial charge in [0.1, 0.15) is 6.33 Å². The normalized spacial score (nSPS) is 12.2. The van der Waals surface area contributed by atoms with Crippen LogP contribution in [0.5, 0.6) is 0 Å². The van der Waals surface area contributed by atoms with Crippen LogP contribution in [0.1, 0.15) is 0 Å². The summed E-state index contributed by atoms with van der Waals surface area (Å²) in [5.41, 5.74) is 6.66. The van der Waals surface area contributed by atoms with Gasteiger partial charge in [-0.15, -0.1) is 22.7 Å². The summed E-state index contributed by atoms with van der Waals surface area (Å²) in [4.78, 5) is 9.87. The molecule has 11 aromatic carbocycles. The number of nitrogens with zero attached hydrogens (tertiary/aromatic N) is 3. The molecule has 0 aliphatic rings. The first-order valence-electron chi connectivity index (χ1n) is 26.2. The minimum absolute atomic E-state index is 0.971. The van der Waals surface area contributed by atoms with E-state index in [2.05, 4.69) is 284 Å². The number of aromatic nitrogens is 3. The summed E-state index contributed by atoms with van der Waals surface area (Å²) in [6.45, 7) is 0. The van der Waals surface area contributed by atoms with E-state index in [0.717, 1.165) is 27.2 Å². The van der Waals surface area contributed by atoms with Gasteiger partial charge in [-0.05, 0) is 84.0 Å². The van der Waals surface area contributed by atoms with Crippen molar-refractivity contribution in [3.05, 3.63) is 285 Å². The fourth-order valence-corrected chi connectivity index (χ4v) is 24.5. The first-order valence-corrected chi connectivity index (χ1v) is 31.8. The van der Waals surface area contributed by atoms with Gasteiger partial charge in [0.25, 0.3) is 0 Å². The van der Waals surface area contributed by atoms with Crippen LogP contribution in [-0.4, -0.2) is 30.7 Å². The zero-order chi connectivity index (χ0) is 50.9. The van der Waals surface area contributed by atoms with Gasteiger partial charge in [-0.2, -0.15) is 0 Å². The van der Waals surface area contributed by atoms with E-state index in [1.165, 1.54) is 93.6 Å². The molecule has 0 aliphatic carbocycles. The first-order chi connectivity index (χ1) is 38.2. The van der Waals surface area contributed by atoms with E-state index in [1.54, 1.807) is 17.7 Å². The Kier molecular flexibility index (Phi) is 10.9. The molecule has 0 saturated carbocycles. The Morgan fingerprint density at radius 2 is 0.727 bits per heavy atom. The number of hydrogen-bond donors (Lipinski definition) is 0. The van der Waals surface area contributed by atoms with E-state index in [-0.39, 0.29) is 0 Å². The maximum absolute atomic E-state index is 5.04. The number of para-hydroxylation sites is 2. The molecule has 15 rings (SSSR count). The summed E-state index contributed by atoms with van der Waals surface area (Å²) in [6.07, 6.45) is 1.74. The second-order valence-electron chi connectivity index (χ2n) is 20.0. The molecule has 4 heterocycles. The van der Waals surface area contributed by atoms with Crippen molar-refractivity contribution in [2.24, 2.45) is 0 Å². The lowest BCUT2D eigenvalue weighted by atomic mass is 10.1. The zero-order valence-electron chi connectivity index (χ0n) is 41.8. The number of fused-ring (bicyclic) bond motifs is 9. The first kappa shape index (κ1) is 45.6. The predicted molar refractivity (Wildman–Crippen MR) is 335 cm³/mol. The van der Waals surface area contributed by atoms with Gasteiger partial charge in [0, 0.05) is 52.3 Å². The van der Waals surface area contributed by atoms with Crippen molar-refractivity contribution in [2.75, 3.05) is 0 Å². The van der Waals surface area contributed by atoms with Crippen molar-refractivity contribution in [1.82, 2.24) is 14.5 Å². The summed E-state index contributed by atoms with van der Waals surface area (Å²) >= 11 is 3.67. The van der Waals surface area contributed by atoms with Gasteiger partial charge in [0.15, 0.2) is 16.1 Å². The van der Waals surface area contributed by atoms with Gasteiger partial charge in [-0.25, -0.2) is 9.97 Å². The molecule has 7 heteroatoms. The van der Waals surface area contributed by atoms with E-state index in [1.807, 2.05) is 11.3 Å². The Morgan fingerprint density at radius 1 is 0.299 bits per heavy atom. The maximum Gasteiger partial charge on any atom is 0.179 e. The summed E-state index contributed by atoms with van der Waals surface area (Å²) in [6, 6.07) is 105. The third kappa shape index (κ3) is 7.12. The second kappa shape index (κ2) is 18.5. The van der Waals surface area contributed by atoms with Crippen molar-refractivity contribution in [2.45, 2.75) is 0 Å². The second-order valence-corrected chi connectivity index (χ2v) is 29.7. The van der Waals surface area contributed by atoms with E-state index in [9.17, 15) is 0 Å². The van der Waals surface area contributed by atoms with Crippen molar-refractivity contribution in [1.29, 1.82) is 0 Å². The Morgan fingerprint density at radius 3 is 1.27 bits per heavy atom. The molecule has 362 valence electrons. The molecule has 0 bridgehead atoms. The lowest BCUT2D eigenvalue weighted by Crippen LogP contribution is -2.74. The average Bonchev–Trinajstić information content (AvgIpc) is 4.38. The average molecular weight is 1050 g/mol. The number of benzene rings is 11. The maximum atomic E-state index is 5.04. The zero-order valence-corrected chi connectivity index (χ0v) is 45.4. The van der Waals surface area contributed by atoms with E-state index in [4.69, 9.17) is 9.97 Å². The minimum Gasteiger partial charge on any atom is -0.309 e. The summed E-state index contributed by atoms with van der Waals surface area (Å²) in [7, 11) is -6.09. The molecule has 0 spiro atoms. The van der Waals surface area contributed by atoms with Crippen molar-refractivity contribution >= 4 is 143 Å². The van der Waals surface area contributed by atoms with Gasteiger partial charge >= 0.3 is 0 Å². The molecule has 0 amide bonds. The van der Waals surface area contributed by atoms with Crippen LogP contribution in [0.15, 0.2) is 285 Å². The molecule has 0 unspecified atom stereocenters. The number of thiophene rings is 2. The molecule has 0 saturated heterocycles. The van der Waals surface area contributed by atoms with Crippen LogP contribution < -0.4 is 41.5 Å². The minimum atomic E-state index is -3.05. The molecule has 4 aromatic heterocycles. The van der Waals surface area contributed by atoms with Gasteiger partial charge < -0.3 is 4.57 Å². The molecule has 0 aliphatic heterocycles. The fourth-order valence-electron chi connectivity index (χ4n) is 12.7. The van der Waals surface area contributed by atoms with Crippen LogP contribution in [-0.2, 0) is 0 Å². The van der Waals surface area contributed by atoms with Crippen LogP contribution in [0.2, 0.25) is 0 Å². The molecule has 15 aromatic rings. The van der Waals surface area contributed by atoms with Crippen molar-refractivity contribution in [3.8, 4) is 16.9 Å².